The largest absolute Gasteiger partial charge is 0.497 e. The molecule has 4 heteroatoms. The second-order valence-corrected chi connectivity index (χ2v) is 5.95. The number of methoxy groups -OCH3 is 2. The van der Waals surface area contributed by atoms with Gasteiger partial charge in [-0.25, -0.2) is 0 Å². The van der Waals surface area contributed by atoms with Crippen molar-refractivity contribution in [2.24, 2.45) is 5.92 Å². The summed E-state index contributed by atoms with van der Waals surface area (Å²) in [4.78, 5) is 0. The highest BCUT2D eigenvalue weighted by molar-refractivity contribution is 9.10. The fraction of sp³-hybridized carbons (Fsp3) is 0.600. The van der Waals surface area contributed by atoms with Crippen molar-refractivity contribution in [2.75, 3.05) is 21.3 Å². The van der Waals surface area contributed by atoms with Crippen LogP contribution in [0.15, 0.2) is 22.7 Å². The Kier molecular flexibility index (Phi) is 5.25. The lowest BCUT2D eigenvalue weighted by atomic mass is 9.98. The van der Waals surface area contributed by atoms with Crippen LogP contribution in [-0.2, 0) is 11.2 Å². The molecular formula is C15H22BrNO2. The van der Waals surface area contributed by atoms with E-state index in [0.717, 1.165) is 16.6 Å². The van der Waals surface area contributed by atoms with Crippen molar-refractivity contribution >= 4 is 15.9 Å². The maximum Gasteiger partial charge on any atom is 0.119 e. The Bertz CT molecular complexity index is 421. The Balaban J connectivity index is 2.12. The first kappa shape index (κ1) is 14.8. The Morgan fingerprint density at radius 3 is 2.63 bits per heavy atom. The molecule has 2 unspecified atom stereocenters. The van der Waals surface area contributed by atoms with Gasteiger partial charge in [0.25, 0.3) is 0 Å². The molecule has 2 atom stereocenters. The van der Waals surface area contributed by atoms with E-state index in [1.807, 2.05) is 26.3 Å². The molecule has 0 heterocycles. The van der Waals surface area contributed by atoms with Gasteiger partial charge in [-0.3, -0.25) is 0 Å². The van der Waals surface area contributed by atoms with Gasteiger partial charge in [-0.1, -0.05) is 15.9 Å². The van der Waals surface area contributed by atoms with E-state index in [-0.39, 0.29) is 0 Å². The van der Waals surface area contributed by atoms with E-state index in [2.05, 4.69) is 27.3 Å². The van der Waals surface area contributed by atoms with Crippen LogP contribution in [0, 0.1) is 5.92 Å². The van der Waals surface area contributed by atoms with Crippen LogP contribution in [0.4, 0.5) is 0 Å². The molecule has 0 saturated heterocycles. The normalized spacial score (nSPS) is 18.1. The van der Waals surface area contributed by atoms with Gasteiger partial charge in [0.05, 0.1) is 13.2 Å². The number of halogens is 1. The molecule has 0 spiro atoms. The van der Waals surface area contributed by atoms with Crippen LogP contribution in [0.1, 0.15) is 18.4 Å². The summed E-state index contributed by atoms with van der Waals surface area (Å²) in [5.74, 6) is 1.61. The van der Waals surface area contributed by atoms with E-state index >= 15 is 0 Å². The molecule has 1 aliphatic rings. The molecule has 19 heavy (non-hydrogen) atoms. The first-order valence-corrected chi connectivity index (χ1v) is 7.51. The average Bonchev–Trinajstić information content (AvgIpc) is 3.25. The summed E-state index contributed by atoms with van der Waals surface area (Å²) in [6.07, 6.45) is 3.80. The van der Waals surface area contributed by atoms with Crippen molar-refractivity contribution < 1.29 is 9.47 Å². The minimum absolute atomic E-state index is 0.295. The standard InChI is InChI=1S/C15H22BrNO2/c1-17-14(15(19-3)10-4-5-10)9-11-8-12(18-2)6-7-13(11)16/h6-8,10,14-15,17H,4-5,9H2,1-3H3. The Morgan fingerprint density at radius 1 is 1.37 bits per heavy atom. The average molecular weight is 328 g/mol. The van der Waals surface area contributed by atoms with Gasteiger partial charge in [-0.05, 0) is 56.0 Å². The number of likely N-dealkylation sites (N-methyl/N-ethyl adjacent to an activating group) is 1. The second kappa shape index (κ2) is 6.73. The minimum Gasteiger partial charge on any atom is -0.497 e. The molecule has 0 aliphatic heterocycles. The lowest BCUT2D eigenvalue weighted by Gasteiger charge is -2.26. The number of nitrogens with one attached hydrogen (secondary N) is 1. The summed E-state index contributed by atoms with van der Waals surface area (Å²) < 4.78 is 12.1. The lowest BCUT2D eigenvalue weighted by molar-refractivity contribution is 0.0534. The third kappa shape index (κ3) is 3.71. The zero-order valence-electron chi connectivity index (χ0n) is 11.8. The van der Waals surface area contributed by atoms with Crippen molar-refractivity contribution in [3.8, 4) is 5.75 Å². The maximum absolute atomic E-state index is 5.69. The zero-order chi connectivity index (χ0) is 13.8. The Morgan fingerprint density at radius 2 is 2.11 bits per heavy atom. The van der Waals surface area contributed by atoms with Gasteiger partial charge in [-0.15, -0.1) is 0 Å². The number of rotatable bonds is 7. The van der Waals surface area contributed by atoms with Crippen LogP contribution in [0.5, 0.6) is 5.75 Å². The Labute approximate surface area is 123 Å². The fourth-order valence-electron chi connectivity index (χ4n) is 2.56. The van der Waals surface area contributed by atoms with Crippen molar-refractivity contribution in [3.63, 3.8) is 0 Å². The van der Waals surface area contributed by atoms with Gasteiger partial charge >= 0.3 is 0 Å². The van der Waals surface area contributed by atoms with E-state index < -0.39 is 0 Å². The van der Waals surface area contributed by atoms with E-state index in [4.69, 9.17) is 9.47 Å². The van der Waals surface area contributed by atoms with Crippen molar-refractivity contribution in [2.45, 2.75) is 31.4 Å². The maximum atomic E-state index is 5.69. The molecule has 1 saturated carbocycles. The molecule has 106 valence electrons. The summed E-state index contributed by atoms with van der Waals surface area (Å²) >= 11 is 3.62. The molecule has 1 aromatic carbocycles. The molecule has 1 fully saturated rings. The molecule has 0 radical (unpaired) electrons. The number of ether oxygens (including phenoxy) is 2. The van der Waals surface area contributed by atoms with Crippen LogP contribution < -0.4 is 10.1 Å². The van der Waals surface area contributed by atoms with Crippen LogP contribution in [0.25, 0.3) is 0 Å². The van der Waals surface area contributed by atoms with Gasteiger partial charge in [-0.2, -0.15) is 0 Å². The monoisotopic (exact) mass is 327 g/mol. The summed E-state index contributed by atoms with van der Waals surface area (Å²) in [5.41, 5.74) is 1.25. The summed E-state index contributed by atoms with van der Waals surface area (Å²) in [5, 5.41) is 3.40. The zero-order valence-corrected chi connectivity index (χ0v) is 13.4. The second-order valence-electron chi connectivity index (χ2n) is 5.09. The molecule has 0 bridgehead atoms. The highest BCUT2D eigenvalue weighted by atomic mass is 79.9. The minimum atomic E-state index is 0.295. The van der Waals surface area contributed by atoms with Crippen molar-refractivity contribution in [3.05, 3.63) is 28.2 Å². The number of benzene rings is 1. The SMILES string of the molecule is CNC(Cc1cc(OC)ccc1Br)C(OC)C1CC1. The molecule has 1 aromatic rings. The summed E-state index contributed by atoms with van der Waals surface area (Å²) in [6, 6.07) is 6.44. The summed E-state index contributed by atoms with van der Waals surface area (Å²) in [7, 11) is 5.52. The highest BCUT2D eigenvalue weighted by Gasteiger charge is 2.36. The third-order valence-corrected chi connectivity index (χ3v) is 4.59. The molecule has 3 nitrogen and oxygen atoms in total. The molecule has 0 aromatic heterocycles. The van der Waals surface area contributed by atoms with Crippen LogP contribution in [-0.4, -0.2) is 33.4 Å². The van der Waals surface area contributed by atoms with Crippen molar-refractivity contribution in [1.29, 1.82) is 0 Å². The fourth-order valence-corrected chi connectivity index (χ4v) is 2.97. The van der Waals surface area contributed by atoms with E-state index in [9.17, 15) is 0 Å². The molecule has 1 aliphatic carbocycles. The molecule has 0 amide bonds. The van der Waals surface area contributed by atoms with Crippen molar-refractivity contribution in [1.82, 2.24) is 5.32 Å². The molecular weight excluding hydrogens is 306 g/mol. The molecule has 2 rings (SSSR count). The van der Waals surface area contributed by atoms with Gasteiger partial charge in [0.1, 0.15) is 5.75 Å². The third-order valence-electron chi connectivity index (χ3n) is 3.82. The lowest BCUT2D eigenvalue weighted by Crippen LogP contribution is -2.42. The number of hydrogen-bond acceptors (Lipinski definition) is 3. The van der Waals surface area contributed by atoms with E-state index in [0.29, 0.717) is 18.1 Å². The van der Waals surface area contributed by atoms with Crippen LogP contribution >= 0.6 is 15.9 Å². The van der Waals surface area contributed by atoms with Gasteiger partial charge in [0.2, 0.25) is 0 Å². The Hall–Kier alpha value is -0.580. The quantitative estimate of drug-likeness (QED) is 0.835. The van der Waals surface area contributed by atoms with Gasteiger partial charge in [0, 0.05) is 17.6 Å². The topological polar surface area (TPSA) is 30.5 Å². The highest BCUT2D eigenvalue weighted by Crippen LogP contribution is 2.36. The van der Waals surface area contributed by atoms with E-state index in [1.54, 1.807) is 7.11 Å². The van der Waals surface area contributed by atoms with Crippen LogP contribution in [0.3, 0.4) is 0 Å². The van der Waals surface area contributed by atoms with Crippen LogP contribution in [0.2, 0.25) is 0 Å². The predicted molar refractivity (Wildman–Crippen MR) is 80.8 cm³/mol. The summed E-state index contributed by atoms with van der Waals surface area (Å²) in [6.45, 7) is 0. The predicted octanol–water partition coefficient (Wildman–Crippen LogP) is 3.01. The smallest absolute Gasteiger partial charge is 0.119 e. The van der Waals surface area contributed by atoms with Gasteiger partial charge in [0.15, 0.2) is 0 Å². The molecule has 1 N–H and O–H groups in total. The number of hydrogen-bond donors (Lipinski definition) is 1. The first-order valence-electron chi connectivity index (χ1n) is 6.72. The van der Waals surface area contributed by atoms with Gasteiger partial charge < -0.3 is 14.8 Å². The first-order chi connectivity index (χ1) is 9.19. The van der Waals surface area contributed by atoms with E-state index in [1.165, 1.54) is 18.4 Å².